The quantitative estimate of drug-likeness (QED) is 0.840. The van der Waals surface area contributed by atoms with Crippen molar-refractivity contribution in [2.45, 2.75) is 19.9 Å². The van der Waals surface area contributed by atoms with Crippen LogP contribution in [-0.4, -0.2) is 54.5 Å². The van der Waals surface area contributed by atoms with Gasteiger partial charge in [-0.15, -0.1) is 0 Å². The minimum absolute atomic E-state index is 0.0239. The lowest BCUT2D eigenvalue weighted by molar-refractivity contribution is -0.136. The van der Waals surface area contributed by atoms with Crippen LogP contribution in [0.1, 0.15) is 13.8 Å². The van der Waals surface area contributed by atoms with E-state index in [2.05, 4.69) is 18.7 Å². The smallest absolute Gasteiger partial charge is 0.260 e. The third kappa shape index (κ3) is 3.42. The zero-order chi connectivity index (χ0) is 14.5. The molecule has 1 aromatic carbocycles. The zero-order valence-corrected chi connectivity index (χ0v) is 12.2. The number of carbonyl (C=O) groups excluding carboxylic acids is 1. The third-order valence-corrected chi connectivity index (χ3v) is 3.79. The molecule has 1 saturated heterocycles. The van der Waals surface area contributed by atoms with Gasteiger partial charge in [0.2, 0.25) is 0 Å². The summed E-state index contributed by atoms with van der Waals surface area (Å²) in [5.74, 6) is 0.594. The number of nitrogens with zero attached hydrogens (tertiary/aromatic N) is 2. The molecular formula is C15H23N3O2. The number of rotatable bonds is 4. The lowest BCUT2D eigenvalue weighted by Gasteiger charge is -2.39. The molecule has 5 nitrogen and oxygen atoms in total. The molecule has 1 fully saturated rings. The fourth-order valence-electron chi connectivity index (χ4n) is 2.53. The van der Waals surface area contributed by atoms with Crippen molar-refractivity contribution in [1.29, 1.82) is 0 Å². The van der Waals surface area contributed by atoms with Crippen LogP contribution in [0.2, 0.25) is 0 Å². The van der Waals surface area contributed by atoms with Crippen molar-refractivity contribution in [1.82, 2.24) is 9.80 Å². The van der Waals surface area contributed by atoms with Crippen LogP contribution in [-0.2, 0) is 4.79 Å². The molecule has 5 heteroatoms. The molecule has 1 unspecified atom stereocenters. The molecule has 0 saturated carbocycles. The molecule has 20 heavy (non-hydrogen) atoms. The number of carbonyl (C=O) groups is 1. The van der Waals surface area contributed by atoms with Gasteiger partial charge in [-0.05, 0) is 25.6 Å². The maximum absolute atomic E-state index is 12.2. The summed E-state index contributed by atoms with van der Waals surface area (Å²) in [7, 11) is 0. The summed E-state index contributed by atoms with van der Waals surface area (Å²) in [5.41, 5.74) is 6.35. The highest BCUT2D eigenvalue weighted by atomic mass is 16.5. The molecule has 0 spiro atoms. The van der Waals surface area contributed by atoms with E-state index in [1.165, 1.54) is 0 Å². The van der Waals surface area contributed by atoms with Gasteiger partial charge in [-0.1, -0.05) is 19.1 Å². The van der Waals surface area contributed by atoms with Crippen molar-refractivity contribution < 1.29 is 9.53 Å². The lowest BCUT2D eigenvalue weighted by Crippen LogP contribution is -2.54. The van der Waals surface area contributed by atoms with Gasteiger partial charge in [0.05, 0.1) is 5.69 Å². The van der Waals surface area contributed by atoms with E-state index in [1.54, 1.807) is 12.1 Å². The summed E-state index contributed by atoms with van der Waals surface area (Å²) in [6, 6.07) is 7.63. The normalized spacial score (nSPS) is 19.9. The van der Waals surface area contributed by atoms with Gasteiger partial charge in [0, 0.05) is 25.7 Å². The Hall–Kier alpha value is -1.75. The number of amides is 1. The van der Waals surface area contributed by atoms with Crippen LogP contribution in [0.4, 0.5) is 5.69 Å². The largest absolute Gasteiger partial charge is 0.482 e. The average Bonchev–Trinajstić information content (AvgIpc) is 2.46. The monoisotopic (exact) mass is 277 g/mol. The van der Waals surface area contributed by atoms with Crippen LogP contribution in [0.5, 0.6) is 5.75 Å². The predicted octanol–water partition coefficient (Wildman–Crippen LogP) is 1.20. The van der Waals surface area contributed by atoms with Gasteiger partial charge in [-0.3, -0.25) is 9.69 Å². The minimum atomic E-state index is 0.0239. The second-order valence-electron chi connectivity index (χ2n) is 5.14. The van der Waals surface area contributed by atoms with Gasteiger partial charge in [-0.25, -0.2) is 0 Å². The third-order valence-electron chi connectivity index (χ3n) is 3.79. The van der Waals surface area contributed by atoms with Gasteiger partial charge >= 0.3 is 0 Å². The lowest BCUT2D eigenvalue weighted by atomic mass is 10.2. The van der Waals surface area contributed by atoms with Crippen molar-refractivity contribution >= 4 is 11.6 Å². The number of likely N-dealkylation sites (N-methyl/N-ethyl adjacent to an activating group) is 1. The van der Waals surface area contributed by atoms with Crippen LogP contribution >= 0.6 is 0 Å². The molecule has 110 valence electrons. The fourth-order valence-corrected chi connectivity index (χ4v) is 2.53. The minimum Gasteiger partial charge on any atom is -0.482 e. The molecule has 1 aliphatic heterocycles. The van der Waals surface area contributed by atoms with Crippen molar-refractivity contribution in [2.24, 2.45) is 0 Å². The molecule has 1 amide bonds. The predicted molar refractivity (Wildman–Crippen MR) is 79.6 cm³/mol. The molecular weight excluding hydrogens is 254 g/mol. The van der Waals surface area contributed by atoms with Crippen LogP contribution < -0.4 is 10.5 Å². The Morgan fingerprint density at radius 3 is 2.80 bits per heavy atom. The van der Waals surface area contributed by atoms with Crippen LogP contribution in [0, 0.1) is 0 Å². The molecule has 1 atom stereocenters. The first-order valence-electron chi connectivity index (χ1n) is 7.11. The Kier molecular flexibility index (Phi) is 4.84. The highest BCUT2D eigenvalue weighted by molar-refractivity contribution is 5.78. The Bertz CT molecular complexity index is 464. The van der Waals surface area contributed by atoms with Crippen LogP contribution in [0.25, 0.3) is 0 Å². The number of nitrogen functional groups attached to an aromatic ring is 1. The van der Waals surface area contributed by atoms with E-state index in [0.29, 0.717) is 17.5 Å². The van der Waals surface area contributed by atoms with Crippen LogP contribution in [0.15, 0.2) is 24.3 Å². The number of piperazine rings is 1. The first-order valence-corrected chi connectivity index (χ1v) is 7.11. The molecule has 0 aromatic heterocycles. The van der Waals surface area contributed by atoms with E-state index < -0.39 is 0 Å². The topological polar surface area (TPSA) is 58.8 Å². The maximum atomic E-state index is 12.2. The molecule has 2 rings (SSSR count). The summed E-state index contributed by atoms with van der Waals surface area (Å²) < 4.78 is 5.51. The average molecular weight is 277 g/mol. The molecule has 1 aliphatic rings. The van der Waals surface area contributed by atoms with E-state index in [4.69, 9.17) is 10.5 Å². The summed E-state index contributed by atoms with van der Waals surface area (Å²) in [6.07, 6.45) is 0. The van der Waals surface area contributed by atoms with Crippen molar-refractivity contribution in [3.63, 3.8) is 0 Å². The molecule has 1 heterocycles. The molecule has 2 N–H and O–H groups in total. The molecule has 0 aliphatic carbocycles. The summed E-state index contributed by atoms with van der Waals surface area (Å²) >= 11 is 0. The number of hydrogen-bond donors (Lipinski definition) is 1. The molecule has 0 radical (unpaired) electrons. The standard InChI is InChI=1S/C15H23N3O2/c1-3-17-8-9-18(10-12(17)2)15(19)11-20-14-7-5-4-6-13(14)16/h4-7,12H,3,8-11,16H2,1-2H3. The second kappa shape index (κ2) is 6.61. The molecule has 1 aromatic rings. The van der Waals surface area contributed by atoms with E-state index >= 15 is 0 Å². The van der Waals surface area contributed by atoms with Gasteiger partial charge in [0.25, 0.3) is 5.91 Å². The number of anilines is 1. The number of benzene rings is 1. The number of hydrogen-bond acceptors (Lipinski definition) is 4. The van der Waals surface area contributed by atoms with E-state index in [0.717, 1.165) is 26.2 Å². The van der Waals surface area contributed by atoms with E-state index in [-0.39, 0.29) is 12.5 Å². The van der Waals surface area contributed by atoms with Gasteiger partial charge in [-0.2, -0.15) is 0 Å². The highest BCUT2D eigenvalue weighted by Crippen LogP contribution is 2.19. The Morgan fingerprint density at radius 2 is 2.15 bits per heavy atom. The summed E-state index contributed by atoms with van der Waals surface area (Å²) in [5, 5.41) is 0. The number of para-hydroxylation sites is 2. The summed E-state index contributed by atoms with van der Waals surface area (Å²) in [6.45, 7) is 7.84. The Labute approximate surface area is 120 Å². The SMILES string of the molecule is CCN1CCN(C(=O)COc2ccccc2N)CC1C. The number of nitrogens with two attached hydrogens (primary N) is 1. The second-order valence-corrected chi connectivity index (χ2v) is 5.14. The van der Waals surface area contributed by atoms with E-state index in [1.807, 2.05) is 17.0 Å². The highest BCUT2D eigenvalue weighted by Gasteiger charge is 2.25. The number of ether oxygens (including phenoxy) is 1. The van der Waals surface area contributed by atoms with Crippen LogP contribution in [0.3, 0.4) is 0 Å². The van der Waals surface area contributed by atoms with Crippen molar-refractivity contribution in [2.75, 3.05) is 38.5 Å². The van der Waals surface area contributed by atoms with Crippen molar-refractivity contribution in [3.8, 4) is 5.75 Å². The van der Waals surface area contributed by atoms with E-state index in [9.17, 15) is 4.79 Å². The van der Waals surface area contributed by atoms with Crippen molar-refractivity contribution in [3.05, 3.63) is 24.3 Å². The van der Waals surface area contributed by atoms with Gasteiger partial charge in [0.15, 0.2) is 6.61 Å². The molecule has 0 bridgehead atoms. The Morgan fingerprint density at radius 1 is 1.40 bits per heavy atom. The zero-order valence-electron chi connectivity index (χ0n) is 12.2. The summed E-state index contributed by atoms with van der Waals surface area (Å²) in [4.78, 5) is 16.4. The first-order chi connectivity index (χ1) is 9.61. The Balaban J connectivity index is 1.85. The maximum Gasteiger partial charge on any atom is 0.260 e. The fraction of sp³-hybridized carbons (Fsp3) is 0.533. The van der Waals surface area contributed by atoms with Gasteiger partial charge in [0.1, 0.15) is 5.75 Å². The first kappa shape index (κ1) is 14.7. The van der Waals surface area contributed by atoms with Gasteiger partial charge < -0.3 is 15.4 Å².